The summed E-state index contributed by atoms with van der Waals surface area (Å²) in [5.41, 5.74) is 0.852. The van der Waals surface area contributed by atoms with Gasteiger partial charge in [-0.25, -0.2) is 18.1 Å². The Balaban J connectivity index is 1.66. The molecular weight excluding hydrogens is 473 g/mol. The summed E-state index contributed by atoms with van der Waals surface area (Å²) in [5.74, 6) is 0.222. The molecule has 32 heavy (non-hydrogen) atoms. The van der Waals surface area contributed by atoms with Gasteiger partial charge in [-0.15, -0.1) is 0 Å². The van der Waals surface area contributed by atoms with Crippen molar-refractivity contribution in [2.45, 2.75) is 11.4 Å². The Morgan fingerprint density at radius 3 is 2.53 bits per heavy atom. The van der Waals surface area contributed by atoms with Crippen LogP contribution in [0.25, 0.3) is 0 Å². The number of nitrogens with zero attached hydrogens (tertiary/aromatic N) is 2. The Morgan fingerprint density at radius 2 is 1.84 bits per heavy atom. The van der Waals surface area contributed by atoms with Gasteiger partial charge in [0.25, 0.3) is 5.91 Å². The molecule has 0 aliphatic carbocycles. The Kier molecular flexibility index (Phi) is 8.09. The fourth-order valence-corrected chi connectivity index (χ4v) is 4.18. The summed E-state index contributed by atoms with van der Waals surface area (Å²) in [4.78, 5) is 18.2. The van der Waals surface area contributed by atoms with E-state index >= 15 is 0 Å². The molecular formula is C22H21Cl2N3O4S. The predicted octanol–water partition coefficient (Wildman–Crippen LogP) is 4.02. The molecule has 0 radical (unpaired) electrons. The van der Waals surface area contributed by atoms with Gasteiger partial charge in [-0.1, -0.05) is 47.5 Å². The first-order valence-electron chi connectivity index (χ1n) is 9.59. The largest absolute Gasteiger partial charge is 0.492 e. The molecule has 0 aliphatic rings. The van der Waals surface area contributed by atoms with E-state index in [2.05, 4.69) is 9.71 Å². The monoisotopic (exact) mass is 493 g/mol. The van der Waals surface area contributed by atoms with E-state index in [0.717, 1.165) is 5.56 Å². The van der Waals surface area contributed by atoms with Crippen LogP contribution in [0.15, 0.2) is 71.8 Å². The lowest BCUT2D eigenvalue weighted by Crippen LogP contribution is -2.29. The number of hydrogen-bond donors (Lipinski definition) is 1. The number of hydrogen-bond acceptors (Lipinski definition) is 5. The van der Waals surface area contributed by atoms with Crippen molar-refractivity contribution in [2.24, 2.45) is 0 Å². The summed E-state index contributed by atoms with van der Waals surface area (Å²) in [6.45, 7) is 0.471. The fraction of sp³-hybridized carbons (Fsp3) is 0.182. The van der Waals surface area contributed by atoms with Crippen molar-refractivity contribution in [2.75, 3.05) is 20.2 Å². The molecule has 2 aromatic carbocycles. The molecule has 0 saturated heterocycles. The number of carbonyl (C=O) groups excluding carboxylic acids is 1. The SMILES string of the molecule is CN(Cc1ccc(Cl)nc1)C(=O)c1cc(S(=O)(=O)NCCOc2ccccc2)ccc1Cl. The van der Waals surface area contributed by atoms with Gasteiger partial charge < -0.3 is 9.64 Å². The van der Waals surface area contributed by atoms with Gasteiger partial charge in [0.05, 0.1) is 15.5 Å². The first-order chi connectivity index (χ1) is 15.3. The van der Waals surface area contributed by atoms with Gasteiger partial charge in [-0.3, -0.25) is 4.79 Å². The van der Waals surface area contributed by atoms with Crippen molar-refractivity contribution in [3.8, 4) is 5.75 Å². The number of ether oxygens (including phenoxy) is 1. The molecule has 0 atom stereocenters. The van der Waals surface area contributed by atoms with E-state index in [-0.39, 0.29) is 35.2 Å². The molecule has 168 valence electrons. The standard InChI is InChI=1S/C22H21Cl2N3O4S/c1-27(15-16-7-10-21(24)25-14-16)22(28)19-13-18(8-9-20(19)23)32(29,30)26-11-12-31-17-5-3-2-4-6-17/h2-10,13-14,26H,11-12,15H2,1H3. The average molecular weight is 494 g/mol. The lowest BCUT2D eigenvalue weighted by Gasteiger charge is -2.18. The van der Waals surface area contributed by atoms with Crippen LogP contribution in [-0.2, 0) is 16.6 Å². The van der Waals surface area contributed by atoms with Crippen LogP contribution in [0.1, 0.15) is 15.9 Å². The topological polar surface area (TPSA) is 88.6 Å². The third kappa shape index (κ3) is 6.43. The number of pyridine rings is 1. The van der Waals surface area contributed by atoms with Crippen LogP contribution in [0.5, 0.6) is 5.75 Å². The molecule has 0 unspecified atom stereocenters. The van der Waals surface area contributed by atoms with Crippen molar-refractivity contribution in [1.29, 1.82) is 0 Å². The smallest absolute Gasteiger partial charge is 0.255 e. The Labute approximate surface area is 197 Å². The van der Waals surface area contributed by atoms with Crippen LogP contribution >= 0.6 is 23.2 Å². The number of halogens is 2. The lowest BCUT2D eigenvalue weighted by molar-refractivity contribution is 0.0785. The number of amides is 1. The van der Waals surface area contributed by atoms with Crippen LogP contribution in [0, 0.1) is 0 Å². The zero-order valence-electron chi connectivity index (χ0n) is 17.2. The fourth-order valence-electron chi connectivity index (χ4n) is 2.83. The van der Waals surface area contributed by atoms with Gasteiger partial charge in [-0.2, -0.15) is 0 Å². The first kappa shape index (κ1) is 24.0. The maximum Gasteiger partial charge on any atom is 0.255 e. The number of para-hydroxylation sites is 1. The summed E-state index contributed by atoms with van der Waals surface area (Å²) >= 11 is 12.0. The summed E-state index contributed by atoms with van der Waals surface area (Å²) in [5, 5.41) is 0.507. The molecule has 0 bridgehead atoms. The molecule has 1 aromatic heterocycles. The number of aromatic nitrogens is 1. The normalized spacial score (nSPS) is 11.2. The molecule has 1 heterocycles. The molecule has 3 aromatic rings. The average Bonchev–Trinajstić information content (AvgIpc) is 2.78. The van der Waals surface area contributed by atoms with Gasteiger partial charge >= 0.3 is 0 Å². The molecule has 0 saturated carbocycles. The Bertz CT molecular complexity index is 1170. The highest BCUT2D eigenvalue weighted by Gasteiger charge is 2.21. The summed E-state index contributed by atoms with van der Waals surface area (Å²) in [6, 6.07) is 16.5. The van der Waals surface area contributed by atoms with Crippen molar-refractivity contribution in [3.05, 3.63) is 88.2 Å². The molecule has 7 nitrogen and oxygen atoms in total. The van der Waals surface area contributed by atoms with E-state index < -0.39 is 15.9 Å². The number of carbonyl (C=O) groups is 1. The molecule has 0 fully saturated rings. The van der Waals surface area contributed by atoms with Crippen LogP contribution in [0.3, 0.4) is 0 Å². The van der Waals surface area contributed by atoms with E-state index in [1.54, 1.807) is 37.5 Å². The second kappa shape index (κ2) is 10.8. The van der Waals surface area contributed by atoms with Crippen molar-refractivity contribution in [1.82, 2.24) is 14.6 Å². The van der Waals surface area contributed by atoms with E-state index in [1.165, 1.54) is 23.1 Å². The van der Waals surface area contributed by atoms with Gasteiger partial charge in [0.2, 0.25) is 10.0 Å². The number of benzene rings is 2. The highest BCUT2D eigenvalue weighted by Crippen LogP contribution is 2.22. The van der Waals surface area contributed by atoms with Crippen molar-refractivity contribution < 1.29 is 17.9 Å². The maximum absolute atomic E-state index is 12.9. The zero-order chi connectivity index (χ0) is 23.1. The van der Waals surface area contributed by atoms with Crippen molar-refractivity contribution in [3.63, 3.8) is 0 Å². The van der Waals surface area contributed by atoms with E-state index in [9.17, 15) is 13.2 Å². The molecule has 0 aliphatic heterocycles. The molecule has 10 heteroatoms. The third-order valence-corrected chi connectivity index (χ3v) is 6.45. The van der Waals surface area contributed by atoms with Gasteiger partial charge in [0.1, 0.15) is 17.5 Å². The number of rotatable bonds is 9. The molecule has 3 rings (SSSR count). The van der Waals surface area contributed by atoms with Crippen LogP contribution in [0.4, 0.5) is 0 Å². The Hall–Kier alpha value is -2.65. The molecule has 0 spiro atoms. The van der Waals surface area contributed by atoms with Gasteiger partial charge in [0.15, 0.2) is 0 Å². The van der Waals surface area contributed by atoms with Crippen LogP contribution in [0.2, 0.25) is 10.2 Å². The second-order valence-corrected chi connectivity index (χ2v) is 9.41. The van der Waals surface area contributed by atoms with Crippen LogP contribution in [-0.4, -0.2) is 44.4 Å². The third-order valence-electron chi connectivity index (χ3n) is 4.44. The highest BCUT2D eigenvalue weighted by atomic mass is 35.5. The summed E-state index contributed by atoms with van der Waals surface area (Å²) < 4.78 is 33.3. The zero-order valence-corrected chi connectivity index (χ0v) is 19.5. The minimum atomic E-state index is -3.86. The van der Waals surface area contributed by atoms with Gasteiger partial charge in [0, 0.05) is 26.3 Å². The maximum atomic E-state index is 12.9. The summed E-state index contributed by atoms with van der Waals surface area (Å²) in [6.07, 6.45) is 1.57. The predicted molar refractivity (Wildman–Crippen MR) is 124 cm³/mol. The van der Waals surface area contributed by atoms with Crippen LogP contribution < -0.4 is 9.46 Å². The second-order valence-electron chi connectivity index (χ2n) is 6.85. The number of sulfonamides is 1. The highest BCUT2D eigenvalue weighted by molar-refractivity contribution is 7.89. The Morgan fingerprint density at radius 1 is 1.09 bits per heavy atom. The van der Waals surface area contributed by atoms with Gasteiger partial charge in [-0.05, 0) is 42.0 Å². The van der Waals surface area contributed by atoms with E-state index in [1.807, 2.05) is 18.2 Å². The molecule has 1 N–H and O–H groups in total. The molecule has 1 amide bonds. The van der Waals surface area contributed by atoms with E-state index in [4.69, 9.17) is 27.9 Å². The lowest BCUT2D eigenvalue weighted by atomic mass is 10.2. The van der Waals surface area contributed by atoms with Crippen molar-refractivity contribution >= 4 is 39.1 Å². The van der Waals surface area contributed by atoms with E-state index in [0.29, 0.717) is 10.9 Å². The summed E-state index contributed by atoms with van der Waals surface area (Å²) in [7, 11) is -2.27. The quantitative estimate of drug-likeness (QED) is 0.359. The minimum Gasteiger partial charge on any atom is -0.492 e. The minimum absolute atomic E-state index is 0.0621. The first-order valence-corrected chi connectivity index (χ1v) is 11.8. The number of nitrogens with one attached hydrogen (secondary N) is 1.